The molecule has 3 aromatic heterocycles. The Morgan fingerprint density at radius 1 is 0.535 bits per heavy atom. The molecule has 0 saturated carbocycles. The summed E-state index contributed by atoms with van der Waals surface area (Å²) in [6.07, 6.45) is 6.37. The van der Waals surface area contributed by atoms with Crippen molar-refractivity contribution >= 4 is 35.5 Å². The van der Waals surface area contributed by atoms with Crippen molar-refractivity contribution in [1.29, 1.82) is 0 Å². The van der Waals surface area contributed by atoms with Crippen molar-refractivity contribution in [2.24, 2.45) is 5.73 Å². The largest absolute Gasteiger partial charge is 0.459 e. The van der Waals surface area contributed by atoms with Gasteiger partial charge in [-0.25, -0.2) is 19.2 Å². The van der Waals surface area contributed by atoms with Gasteiger partial charge in [0.15, 0.2) is 0 Å². The minimum absolute atomic E-state index is 0.0688. The lowest BCUT2D eigenvalue weighted by Crippen LogP contribution is -2.49. The first-order valence-corrected chi connectivity index (χ1v) is 23.1. The van der Waals surface area contributed by atoms with Gasteiger partial charge in [-0.05, 0) is 90.7 Å². The Balaban J connectivity index is 1.36. The van der Waals surface area contributed by atoms with Gasteiger partial charge in [-0.1, -0.05) is 30.3 Å². The van der Waals surface area contributed by atoms with E-state index < -0.39 is 107 Å². The highest BCUT2D eigenvalue weighted by Crippen LogP contribution is 2.09. The van der Waals surface area contributed by atoms with E-state index in [-0.39, 0.29) is 62.1 Å². The molecule has 0 fully saturated rings. The zero-order valence-electron chi connectivity index (χ0n) is 39.9. The Kier molecular flexibility index (Phi) is 21.9. The third-order valence-corrected chi connectivity index (χ3v) is 11.0. The first-order valence-electron chi connectivity index (χ1n) is 23.1. The van der Waals surface area contributed by atoms with Gasteiger partial charge >= 0.3 is 23.0 Å². The molecule has 10 N–H and O–H groups in total. The lowest BCUT2D eigenvalue weighted by molar-refractivity contribution is -0.149. The highest BCUT2D eigenvalue weighted by molar-refractivity contribution is 5.88. The van der Waals surface area contributed by atoms with Crippen LogP contribution in [0, 0.1) is 20.8 Å². The fourth-order valence-electron chi connectivity index (χ4n) is 7.12. The molecule has 25 nitrogen and oxygen atoms in total. The van der Waals surface area contributed by atoms with Crippen LogP contribution >= 0.6 is 0 Å². The third kappa shape index (κ3) is 18.5. The number of ether oxygens (including phenoxy) is 1. The Bertz CT molecular complexity index is 2860. The minimum atomic E-state index is -1.15. The predicted molar refractivity (Wildman–Crippen MR) is 257 cm³/mol. The lowest BCUT2D eigenvalue weighted by atomic mass is 10.1. The first-order chi connectivity index (χ1) is 33.8. The second kappa shape index (κ2) is 27.9. The number of amides is 5. The number of unbranched alkanes of at least 4 members (excludes halogenated alkanes) is 3. The Morgan fingerprint density at radius 2 is 0.901 bits per heavy atom. The molecular weight excluding hydrogens is 929 g/mol. The first kappa shape index (κ1) is 55.6. The quantitative estimate of drug-likeness (QED) is 0.0209. The minimum Gasteiger partial charge on any atom is -0.459 e. The van der Waals surface area contributed by atoms with Crippen molar-refractivity contribution in [2.75, 3.05) is 19.6 Å². The van der Waals surface area contributed by atoms with E-state index in [0.717, 1.165) is 13.7 Å². The average Bonchev–Trinajstić information content (AvgIpc) is 3.32. The van der Waals surface area contributed by atoms with Crippen LogP contribution in [0.25, 0.3) is 0 Å². The van der Waals surface area contributed by atoms with Crippen LogP contribution in [0.1, 0.15) is 80.0 Å². The number of nitrogens with one attached hydrogen (secondary N) is 8. The molecule has 0 radical (unpaired) electrons. The monoisotopic (exact) mass is 990 g/mol. The van der Waals surface area contributed by atoms with E-state index in [1.165, 1.54) is 39.4 Å². The number of aryl methyl sites for hydroxylation is 3. The van der Waals surface area contributed by atoms with Crippen LogP contribution < -0.4 is 66.1 Å². The van der Waals surface area contributed by atoms with E-state index in [0.29, 0.717) is 44.2 Å². The van der Waals surface area contributed by atoms with Crippen LogP contribution in [-0.4, -0.2) is 102 Å². The number of carbonyl (C=O) groups is 6. The number of carbonyl (C=O) groups excluding carboxylic acids is 6. The molecule has 4 rings (SSSR count). The van der Waals surface area contributed by atoms with E-state index in [4.69, 9.17) is 10.5 Å². The molecule has 3 atom stereocenters. The SMILES string of the molecule is Cc1cn(CC(=O)N[C@H](CCCCN)C(=O)NCCCC[C@@H](NC(=O)Cn2cc(C)c(=O)[nH]c2=O)C(=O)NCCCC[C@@H](NC(=O)Cn2cc(C)c(=O)[nH]c2=O)C(=O)OCc2ccccc2)c(=O)[nH]c1=O. The van der Waals surface area contributed by atoms with Crippen molar-refractivity contribution < 1.29 is 33.5 Å². The summed E-state index contributed by atoms with van der Waals surface area (Å²) in [6.45, 7) is 3.40. The lowest BCUT2D eigenvalue weighted by Gasteiger charge is -2.20. The summed E-state index contributed by atoms with van der Waals surface area (Å²) in [5.41, 5.74) is 2.71. The van der Waals surface area contributed by atoms with E-state index >= 15 is 0 Å². The summed E-state index contributed by atoms with van der Waals surface area (Å²) in [5.74, 6) is -3.88. The highest BCUT2D eigenvalue weighted by Gasteiger charge is 2.25. The fraction of sp³-hybridized carbons (Fsp3) is 0.478. The van der Waals surface area contributed by atoms with Gasteiger partial charge in [0.05, 0.1) is 0 Å². The summed E-state index contributed by atoms with van der Waals surface area (Å²) in [6, 6.07) is 5.60. The maximum Gasteiger partial charge on any atom is 0.328 e. The van der Waals surface area contributed by atoms with E-state index in [2.05, 4.69) is 41.5 Å². The number of hydrogen-bond donors (Lipinski definition) is 9. The van der Waals surface area contributed by atoms with Crippen molar-refractivity contribution in [1.82, 2.24) is 55.2 Å². The number of nitrogens with two attached hydrogens (primary N) is 1. The third-order valence-electron chi connectivity index (χ3n) is 11.0. The average molecular weight is 991 g/mol. The molecular formula is C46H62N12O13. The summed E-state index contributed by atoms with van der Waals surface area (Å²) < 4.78 is 8.49. The molecule has 3 heterocycles. The van der Waals surface area contributed by atoms with Gasteiger partial charge in [-0.3, -0.25) is 67.0 Å². The van der Waals surface area contributed by atoms with Gasteiger partial charge in [-0.15, -0.1) is 0 Å². The van der Waals surface area contributed by atoms with Gasteiger partial charge in [0.25, 0.3) is 16.7 Å². The van der Waals surface area contributed by atoms with Crippen molar-refractivity contribution in [3.8, 4) is 0 Å². The van der Waals surface area contributed by atoms with Crippen LogP contribution in [0.4, 0.5) is 0 Å². The topological polar surface area (TPSA) is 362 Å². The Hall–Kier alpha value is -7.96. The Morgan fingerprint density at radius 3 is 1.30 bits per heavy atom. The van der Waals surface area contributed by atoms with Crippen LogP contribution in [-0.2, 0) is 59.7 Å². The smallest absolute Gasteiger partial charge is 0.328 e. The van der Waals surface area contributed by atoms with Crippen molar-refractivity contribution in [2.45, 2.75) is 123 Å². The molecule has 0 aliphatic carbocycles. The van der Waals surface area contributed by atoms with E-state index in [9.17, 15) is 57.5 Å². The molecule has 0 aliphatic rings. The molecule has 25 heteroatoms. The molecule has 1 aromatic carbocycles. The van der Waals surface area contributed by atoms with Gasteiger partial charge in [0.1, 0.15) is 44.4 Å². The second-order valence-electron chi connectivity index (χ2n) is 16.9. The standard InChI is InChI=1S/C46H62N12O13/c1-28-21-56(44(68)53-38(28)62)24-35(59)50-32(15-7-10-18-47)41(65)48-19-11-8-16-33(51-36(60)25-57-22-29(2)39(63)54-45(57)69)42(66)49-20-12-9-17-34(43(67)71-27-31-13-5-4-6-14-31)52-37(61)26-58-23-30(3)40(64)55-46(58)70/h4-6,13-14,21-23,32-34H,7-12,15-20,24-27,47H2,1-3H3,(H,48,65)(H,49,66)(H,50,59)(H,51,60)(H,52,61)(H,53,62,68)(H,54,63,69)(H,55,64,70)/t32-,33-,34-/m1/s1. The Labute approximate surface area is 405 Å². The molecule has 4 aromatic rings. The molecule has 0 spiro atoms. The number of rotatable bonds is 28. The molecule has 71 heavy (non-hydrogen) atoms. The number of hydrogen-bond acceptors (Lipinski definition) is 14. The maximum atomic E-state index is 13.6. The van der Waals surface area contributed by atoms with Gasteiger partial charge < -0.3 is 37.1 Å². The number of aromatic amines is 3. The van der Waals surface area contributed by atoms with Crippen LogP contribution in [0.15, 0.2) is 77.7 Å². The highest BCUT2D eigenvalue weighted by atomic mass is 16.5. The molecule has 0 saturated heterocycles. The van der Waals surface area contributed by atoms with Crippen LogP contribution in [0.2, 0.25) is 0 Å². The molecule has 0 unspecified atom stereocenters. The number of H-pyrrole nitrogens is 3. The van der Waals surface area contributed by atoms with E-state index in [1.54, 1.807) is 30.3 Å². The van der Waals surface area contributed by atoms with Gasteiger partial charge in [0.2, 0.25) is 29.5 Å². The second-order valence-corrected chi connectivity index (χ2v) is 16.9. The zero-order valence-corrected chi connectivity index (χ0v) is 39.9. The number of benzene rings is 1. The zero-order chi connectivity index (χ0) is 52.0. The molecule has 5 amide bonds. The van der Waals surface area contributed by atoms with Gasteiger partial charge in [-0.2, -0.15) is 0 Å². The maximum absolute atomic E-state index is 13.6. The summed E-state index contributed by atoms with van der Waals surface area (Å²) in [7, 11) is 0. The summed E-state index contributed by atoms with van der Waals surface area (Å²) in [4.78, 5) is 158. The normalized spacial score (nSPS) is 12.2. The number of esters is 1. The number of aromatic nitrogens is 6. The fourth-order valence-corrected chi connectivity index (χ4v) is 7.12. The molecule has 0 aliphatic heterocycles. The van der Waals surface area contributed by atoms with Crippen LogP contribution in [0.3, 0.4) is 0 Å². The van der Waals surface area contributed by atoms with E-state index in [1.807, 2.05) is 0 Å². The summed E-state index contributed by atoms with van der Waals surface area (Å²) in [5, 5.41) is 13.4. The van der Waals surface area contributed by atoms with Crippen LogP contribution in [0.5, 0.6) is 0 Å². The predicted octanol–water partition coefficient (Wildman–Crippen LogP) is -2.54. The van der Waals surface area contributed by atoms with Gasteiger partial charge in [0, 0.05) is 48.4 Å². The van der Waals surface area contributed by atoms with Crippen molar-refractivity contribution in [3.63, 3.8) is 0 Å². The number of nitrogens with zero attached hydrogens (tertiary/aromatic N) is 3. The van der Waals surface area contributed by atoms with Crippen molar-refractivity contribution in [3.05, 3.63) is 134 Å². The molecule has 384 valence electrons. The summed E-state index contributed by atoms with van der Waals surface area (Å²) >= 11 is 0. The molecule has 0 bridgehead atoms.